The molecule has 7 heteroatoms. The number of benzene rings is 2. The predicted octanol–water partition coefficient (Wildman–Crippen LogP) is 3.00. The Morgan fingerprint density at radius 3 is 2.32 bits per heavy atom. The van der Waals surface area contributed by atoms with Gasteiger partial charge in [0.15, 0.2) is 0 Å². The van der Waals surface area contributed by atoms with Crippen LogP contribution in [0.5, 0.6) is 0 Å². The van der Waals surface area contributed by atoms with Crippen molar-refractivity contribution in [3.05, 3.63) is 70.8 Å². The molecule has 4 amide bonds. The van der Waals surface area contributed by atoms with Crippen LogP contribution in [0.1, 0.15) is 53.2 Å². The van der Waals surface area contributed by atoms with Crippen molar-refractivity contribution in [3.63, 3.8) is 0 Å². The highest BCUT2D eigenvalue weighted by atomic mass is 16.2. The molecule has 178 valence electrons. The predicted molar refractivity (Wildman–Crippen MR) is 129 cm³/mol. The molecule has 2 saturated heterocycles. The maximum atomic E-state index is 13.4. The fraction of sp³-hybridized carbons (Fsp3) is 0.444. The van der Waals surface area contributed by atoms with E-state index < -0.39 is 5.54 Å². The Morgan fingerprint density at radius 2 is 1.65 bits per heavy atom. The zero-order valence-electron chi connectivity index (χ0n) is 19.9. The second-order valence-corrected chi connectivity index (χ2v) is 10.0. The van der Waals surface area contributed by atoms with Crippen LogP contribution in [0.15, 0.2) is 48.5 Å². The number of carbonyl (C=O) groups excluding carboxylic acids is 3. The molecule has 2 aliphatic heterocycles. The lowest BCUT2D eigenvalue weighted by Gasteiger charge is -2.36. The number of rotatable bonds is 4. The summed E-state index contributed by atoms with van der Waals surface area (Å²) in [5.74, 6) is 0.334. The number of aryl methyl sites for hydroxylation is 1. The fourth-order valence-electron chi connectivity index (χ4n) is 5.31. The zero-order valence-corrected chi connectivity index (χ0v) is 19.9. The number of nitrogens with one attached hydrogen (secondary N) is 1. The van der Waals surface area contributed by atoms with E-state index >= 15 is 0 Å². The minimum Gasteiger partial charge on any atom is -0.336 e. The standard InChI is InChI=1S/C27H32N4O3/c1-19(2)20-7-9-22(10-8-20)24(32)30-15-13-29(14-16-30)18-31-25(33)27(28-26(31)34)12-11-21-5-3-4-6-23(21)17-27/h3-10,19H,11-18H2,1-2H3,(H,28,34). The van der Waals surface area contributed by atoms with Crippen LogP contribution in [0.4, 0.5) is 4.79 Å². The highest BCUT2D eigenvalue weighted by Gasteiger charge is 2.52. The SMILES string of the molecule is CC(C)c1ccc(C(=O)N2CCN(CN3C(=O)NC4(CCc5ccccc5C4)C3=O)CC2)cc1. The zero-order chi connectivity index (χ0) is 23.9. The molecule has 2 fully saturated rings. The first-order valence-corrected chi connectivity index (χ1v) is 12.2. The lowest BCUT2D eigenvalue weighted by Crippen LogP contribution is -2.54. The second-order valence-electron chi connectivity index (χ2n) is 10.0. The van der Waals surface area contributed by atoms with E-state index in [0.29, 0.717) is 50.5 Å². The second kappa shape index (κ2) is 8.87. The first-order chi connectivity index (χ1) is 16.4. The fourth-order valence-corrected chi connectivity index (χ4v) is 5.31. The topological polar surface area (TPSA) is 73.0 Å². The number of carbonyl (C=O) groups is 3. The molecule has 34 heavy (non-hydrogen) atoms. The molecule has 1 spiro atoms. The molecule has 2 aromatic rings. The van der Waals surface area contributed by atoms with Crippen molar-refractivity contribution in [3.8, 4) is 0 Å². The Balaban J connectivity index is 1.18. The van der Waals surface area contributed by atoms with Crippen LogP contribution >= 0.6 is 0 Å². The van der Waals surface area contributed by atoms with Crippen LogP contribution < -0.4 is 5.32 Å². The molecule has 2 heterocycles. The van der Waals surface area contributed by atoms with E-state index in [1.807, 2.05) is 47.4 Å². The van der Waals surface area contributed by atoms with Gasteiger partial charge in [0.25, 0.3) is 11.8 Å². The number of piperazine rings is 1. The van der Waals surface area contributed by atoms with Gasteiger partial charge in [-0.15, -0.1) is 0 Å². The van der Waals surface area contributed by atoms with Crippen molar-refractivity contribution in [2.24, 2.45) is 0 Å². The van der Waals surface area contributed by atoms with E-state index in [9.17, 15) is 14.4 Å². The minimum absolute atomic E-state index is 0.0322. The number of urea groups is 1. The monoisotopic (exact) mass is 460 g/mol. The van der Waals surface area contributed by atoms with E-state index in [1.54, 1.807) is 0 Å². The first-order valence-electron chi connectivity index (χ1n) is 12.2. The normalized spacial score (nSPS) is 22.9. The van der Waals surface area contributed by atoms with E-state index in [-0.39, 0.29) is 24.5 Å². The highest BCUT2D eigenvalue weighted by Crippen LogP contribution is 2.33. The van der Waals surface area contributed by atoms with E-state index in [0.717, 1.165) is 12.0 Å². The third kappa shape index (κ3) is 4.09. The van der Waals surface area contributed by atoms with Crippen LogP contribution in [0, 0.1) is 0 Å². The highest BCUT2D eigenvalue weighted by molar-refractivity contribution is 6.07. The maximum absolute atomic E-state index is 13.4. The Bertz CT molecular complexity index is 1110. The summed E-state index contributed by atoms with van der Waals surface area (Å²) >= 11 is 0. The van der Waals surface area contributed by atoms with Gasteiger partial charge in [-0.1, -0.05) is 50.2 Å². The average Bonchev–Trinajstić information content (AvgIpc) is 3.07. The van der Waals surface area contributed by atoms with Crippen LogP contribution in [0.25, 0.3) is 0 Å². The number of fused-ring (bicyclic) bond motifs is 1. The summed E-state index contributed by atoms with van der Waals surface area (Å²) in [7, 11) is 0. The van der Waals surface area contributed by atoms with Crippen LogP contribution in [-0.2, 0) is 17.6 Å². The van der Waals surface area contributed by atoms with Gasteiger partial charge >= 0.3 is 6.03 Å². The Labute approximate surface area is 200 Å². The molecule has 5 rings (SSSR count). The molecule has 0 aromatic heterocycles. The molecule has 0 bridgehead atoms. The van der Waals surface area contributed by atoms with Gasteiger partial charge in [-0.2, -0.15) is 0 Å². The summed E-state index contributed by atoms with van der Waals surface area (Å²) in [5, 5.41) is 3.01. The molecule has 2 aromatic carbocycles. The number of nitrogens with zero attached hydrogens (tertiary/aromatic N) is 3. The van der Waals surface area contributed by atoms with Crippen LogP contribution in [0.2, 0.25) is 0 Å². The first kappa shape index (κ1) is 22.6. The van der Waals surface area contributed by atoms with Gasteiger partial charge in [0.2, 0.25) is 0 Å². The third-order valence-electron chi connectivity index (χ3n) is 7.50. The summed E-state index contributed by atoms with van der Waals surface area (Å²) in [6.07, 6.45) is 1.96. The van der Waals surface area contributed by atoms with Gasteiger partial charge in [-0.05, 0) is 47.6 Å². The van der Waals surface area contributed by atoms with Crippen molar-refractivity contribution in [2.45, 2.75) is 44.6 Å². The summed E-state index contributed by atoms with van der Waals surface area (Å²) in [4.78, 5) is 44.4. The molecule has 1 unspecified atom stereocenters. The van der Waals surface area contributed by atoms with Crippen molar-refractivity contribution in [1.82, 2.24) is 20.0 Å². The van der Waals surface area contributed by atoms with Crippen molar-refractivity contribution < 1.29 is 14.4 Å². The van der Waals surface area contributed by atoms with Gasteiger partial charge in [-0.25, -0.2) is 9.69 Å². The average molecular weight is 461 g/mol. The molecule has 0 radical (unpaired) electrons. The van der Waals surface area contributed by atoms with Gasteiger partial charge in [0.1, 0.15) is 5.54 Å². The van der Waals surface area contributed by atoms with Crippen molar-refractivity contribution in [1.29, 1.82) is 0 Å². The molecular formula is C27H32N4O3. The molecule has 1 aliphatic carbocycles. The lowest BCUT2D eigenvalue weighted by atomic mass is 9.78. The summed E-state index contributed by atoms with van der Waals surface area (Å²) in [5.41, 5.74) is 3.48. The molecule has 3 aliphatic rings. The van der Waals surface area contributed by atoms with E-state index in [4.69, 9.17) is 0 Å². The van der Waals surface area contributed by atoms with E-state index in [2.05, 4.69) is 30.1 Å². The summed E-state index contributed by atoms with van der Waals surface area (Å²) < 4.78 is 0. The number of imide groups is 1. The number of hydrogen-bond acceptors (Lipinski definition) is 4. The quantitative estimate of drug-likeness (QED) is 0.712. The smallest absolute Gasteiger partial charge is 0.326 e. The van der Waals surface area contributed by atoms with Crippen LogP contribution in [-0.4, -0.2) is 70.9 Å². The van der Waals surface area contributed by atoms with Crippen molar-refractivity contribution in [2.75, 3.05) is 32.8 Å². The Morgan fingerprint density at radius 1 is 0.971 bits per heavy atom. The molecule has 1 N–H and O–H groups in total. The lowest BCUT2D eigenvalue weighted by molar-refractivity contribution is -0.133. The van der Waals surface area contributed by atoms with Crippen molar-refractivity contribution >= 4 is 17.8 Å². The largest absolute Gasteiger partial charge is 0.336 e. The molecule has 0 saturated carbocycles. The van der Waals surface area contributed by atoms with Gasteiger partial charge < -0.3 is 10.2 Å². The number of amides is 4. The number of hydrogen-bond donors (Lipinski definition) is 1. The Hall–Kier alpha value is -3.19. The Kier molecular flexibility index (Phi) is 5.90. The van der Waals surface area contributed by atoms with Gasteiger partial charge in [0.05, 0.1) is 6.67 Å². The molecule has 7 nitrogen and oxygen atoms in total. The van der Waals surface area contributed by atoms with Gasteiger partial charge in [-0.3, -0.25) is 14.5 Å². The maximum Gasteiger partial charge on any atom is 0.326 e. The third-order valence-corrected chi connectivity index (χ3v) is 7.50. The minimum atomic E-state index is -0.828. The van der Waals surface area contributed by atoms with Gasteiger partial charge in [0, 0.05) is 38.2 Å². The summed E-state index contributed by atoms with van der Waals surface area (Å²) in [6.45, 7) is 6.94. The summed E-state index contributed by atoms with van der Waals surface area (Å²) in [6, 6.07) is 15.7. The molecular weight excluding hydrogens is 428 g/mol. The van der Waals surface area contributed by atoms with E-state index in [1.165, 1.54) is 16.0 Å². The van der Waals surface area contributed by atoms with Crippen LogP contribution in [0.3, 0.4) is 0 Å². The molecule has 1 atom stereocenters.